The van der Waals surface area contributed by atoms with Crippen LogP contribution in [0.4, 0.5) is 0 Å². The van der Waals surface area contributed by atoms with Gasteiger partial charge in [0.15, 0.2) is 0 Å². The van der Waals surface area contributed by atoms with Crippen molar-refractivity contribution >= 4 is 11.6 Å². The fourth-order valence-electron chi connectivity index (χ4n) is 3.78. The summed E-state index contributed by atoms with van der Waals surface area (Å²) >= 11 is 0. The number of carbonyl (C=O) groups is 2. The lowest BCUT2D eigenvalue weighted by Crippen LogP contribution is -2.16. The van der Waals surface area contributed by atoms with Crippen molar-refractivity contribution in [2.24, 2.45) is 0 Å². The average molecular weight is 380 g/mol. The first-order valence-electron chi connectivity index (χ1n) is 10.1. The van der Waals surface area contributed by atoms with Gasteiger partial charge in [0.25, 0.3) is 0 Å². The van der Waals surface area contributed by atoms with Crippen molar-refractivity contribution in [2.75, 3.05) is 0 Å². The molecule has 0 radical (unpaired) electrons. The lowest BCUT2D eigenvalue weighted by Gasteiger charge is -2.28. The molecule has 0 saturated heterocycles. The van der Waals surface area contributed by atoms with Crippen LogP contribution in [0.25, 0.3) is 0 Å². The highest BCUT2D eigenvalue weighted by molar-refractivity contribution is 5.75. The number of carbonyl (C=O) groups excluding carboxylic acids is 2. The Labute approximate surface area is 166 Å². The predicted molar refractivity (Wildman–Crippen MR) is 106 cm³/mol. The van der Waals surface area contributed by atoms with Gasteiger partial charge in [0, 0.05) is 24.7 Å². The number of aromatic nitrogens is 4. The first kappa shape index (κ1) is 20.2. The minimum absolute atomic E-state index is 0.175. The normalized spacial score (nSPS) is 19.4. The Bertz CT molecular complexity index is 735. The van der Waals surface area contributed by atoms with E-state index in [0.717, 1.165) is 48.5 Å². The number of aryl methyl sites for hydroxylation is 2. The number of rotatable bonds is 8. The van der Waals surface area contributed by atoms with Crippen molar-refractivity contribution in [1.29, 1.82) is 0 Å². The van der Waals surface area contributed by atoms with E-state index < -0.39 is 0 Å². The van der Waals surface area contributed by atoms with E-state index in [-0.39, 0.29) is 11.6 Å². The minimum Gasteiger partial charge on any atom is -0.300 e. The van der Waals surface area contributed by atoms with Gasteiger partial charge in [0.05, 0.1) is 22.8 Å². The van der Waals surface area contributed by atoms with E-state index in [1.165, 1.54) is 0 Å². The van der Waals surface area contributed by atoms with E-state index in [4.69, 9.17) is 0 Å². The Balaban J connectivity index is 1.60. The van der Waals surface area contributed by atoms with Gasteiger partial charge in [-0.25, -0.2) is 0 Å². The summed E-state index contributed by atoms with van der Waals surface area (Å²) in [4.78, 5) is 22.2. The molecule has 0 N–H and O–H groups in total. The molecule has 0 aliphatic heterocycles. The molecule has 3 rings (SSSR count). The number of nitrogens with zero attached hydrogens (tertiary/aromatic N) is 4. The van der Waals surface area contributed by atoms with Crippen LogP contribution in [0, 0.1) is 0 Å². The van der Waals surface area contributed by atoms with Gasteiger partial charge >= 0.3 is 0 Å². The van der Waals surface area contributed by atoms with Crippen LogP contribution in [-0.2, 0) is 22.4 Å². The molecule has 0 bridgehead atoms. The van der Waals surface area contributed by atoms with E-state index in [1.54, 1.807) is 13.8 Å². The first-order chi connectivity index (χ1) is 13.5. The third kappa shape index (κ3) is 5.75. The lowest BCUT2D eigenvalue weighted by atomic mass is 9.78. The van der Waals surface area contributed by atoms with Gasteiger partial charge in [0.2, 0.25) is 0 Å². The minimum atomic E-state index is 0.175. The zero-order valence-electron chi connectivity index (χ0n) is 16.7. The molecule has 1 fully saturated rings. The van der Waals surface area contributed by atoms with Crippen LogP contribution in [0.5, 0.6) is 0 Å². The van der Waals surface area contributed by atoms with E-state index in [9.17, 15) is 9.59 Å². The molecule has 0 aromatic carbocycles. The van der Waals surface area contributed by atoms with Crippen molar-refractivity contribution in [2.45, 2.75) is 77.0 Å². The monoisotopic (exact) mass is 380 g/mol. The molecule has 6 heteroatoms. The molecule has 1 saturated carbocycles. The highest BCUT2D eigenvalue weighted by Gasteiger charge is 2.26. The Kier molecular flexibility index (Phi) is 6.95. The molecule has 0 amide bonds. The van der Waals surface area contributed by atoms with Crippen LogP contribution in [-0.4, -0.2) is 32.0 Å². The van der Waals surface area contributed by atoms with E-state index in [2.05, 4.69) is 32.5 Å². The maximum absolute atomic E-state index is 11.1. The van der Waals surface area contributed by atoms with Crippen molar-refractivity contribution in [3.63, 3.8) is 0 Å². The SMILES string of the molecule is CC(=O)CCc1ccc(C2CCCC(c3ccc(CCC(C)=O)nn3)C2)nn1. The summed E-state index contributed by atoms with van der Waals surface area (Å²) in [7, 11) is 0. The molecule has 148 valence electrons. The average Bonchev–Trinajstić information content (AvgIpc) is 2.71. The first-order valence-corrected chi connectivity index (χ1v) is 10.1. The zero-order chi connectivity index (χ0) is 19.9. The van der Waals surface area contributed by atoms with Crippen LogP contribution in [0.3, 0.4) is 0 Å². The summed E-state index contributed by atoms with van der Waals surface area (Å²) in [6, 6.07) is 8.12. The number of hydrogen-bond donors (Lipinski definition) is 0. The van der Waals surface area contributed by atoms with Gasteiger partial charge in [0.1, 0.15) is 11.6 Å². The number of ketones is 2. The van der Waals surface area contributed by atoms with Crippen LogP contribution >= 0.6 is 0 Å². The molecular weight excluding hydrogens is 352 g/mol. The van der Waals surface area contributed by atoms with Crippen LogP contribution in [0.1, 0.15) is 87.0 Å². The van der Waals surface area contributed by atoms with Crippen LogP contribution in [0.2, 0.25) is 0 Å². The van der Waals surface area contributed by atoms with Crippen LogP contribution < -0.4 is 0 Å². The largest absolute Gasteiger partial charge is 0.300 e. The molecule has 2 atom stereocenters. The molecule has 1 aliphatic carbocycles. The number of Topliss-reactive ketones (excluding diaryl/α,β-unsaturated/α-hetero) is 2. The van der Waals surface area contributed by atoms with Crippen LogP contribution in [0.15, 0.2) is 24.3 Å². The summed E-state index contributed by atoms with van der Waals surface area (Å²) in [5.41, 5.74) is 3.81. The van der Waals surface area contributed by atoms with Gasteiger partial charge in [-0.05, 0) is 70.2 Å². The second kappa shape index (κ2) is 9.62. The topological polar surface area (TPSA) is 85.7 Å². The van der Waals surface area contributed by atoms with Gasteiger partial charge in [-0.15, -0.1) is 0 Å². The molecule has 2 aromatic heterocycles. The van der Waals surface area contributed by atoms with E-state index >= 15 is 0 Å². The molecule has 2 unspecified atom stereocenters. The molecule has 6 nitrogen and oxygen atoms in total. The van der Waals surface area contributed by atoms with E-state index in [0.29, 0.717) is 37.5 Å². The van der Waals surface area contributed by atoms with Crippen molar-refractivity contribution in [1.82, 2.24) is 20.4 Å². The summed E-state index contributed by atoms with van der Waals surface area (Å²) in [5, 5.41) is 17.5. The maximum atomic E-state index is 11.1. The summed E-state index contributed by atoms with van der Waals surface area (Å²) in [5.74, 6) is 1.11. The highest BCUT2D eigenvalue weighted by atomic mass is 16.1. The van der Waals surface area contributed by atoms with Crippen molar-refractivity contribution in [3.05, 3.63) is 47.0 Å². The van der Waals surface area contributed by atoms with Gasteiger partial charge < -0.3 is 9.59 Å². The quantitative estimate of drug-likeness (QED) is 0.693. The maximum Gasteiger partial charge on any atom is 0.130 e. The fourth-order valence-corrected chi connectivity index (χ4v) is 3.78. The zero-order valence-corrected chi connectivity index (χ0v) is 16.7. The molecule has 0 spiro atoms. The lowest BCUT2D eigenvalue weighted by molar-refractivity contribution is -0.117. The second-order valence-electron chi connectivity index (χ2n) is 7.86. The Morgan fingerprint density at radius 2 is 1.25 bits per heavy atom. The smallest absolute Gasteiger partial charge is 0.130 e. The molecule has 2 aromatic rings. The summed E-state index contributed by atoms with van der Waals surface area (Å²) < 4.78 is 0. The van der Waals surface area contributed by atoms with Gasteiger partial charge in [-0.2, -0.15) is 20.4 Å². The van der Waals surface area contributed by atoms with E-state index in [1.807, 2.05) is 12.1 Å². The molecule has 2 heterocycles. The van der Waals surface area contributed by atoms with Gasteiger partial charge in [-0.1, -0.05) is 6.42 Å². The number of hydrogen-bond acceptors (Lipinski definition) is 6. The third-order valence-electron chi connectivity index (χ3n) is 5.46. The Hall–Kier alpha value is -2.50. The Morgan fingerprint density at radius 3 is 1.61 bits per heavy atom. The standard InChI is InChI=1S/C22H28N4O2/c1-15(27)6-8-19-10-12-21(25-23-19)17-4-3-5-18(14-17)22-13-11-20(24-26-22)9-7-16(2)28/h10-13,17-18H,3-9,14H2,1-2H3. The Morgan fingerprint density at radius 1 is 0.786 bits per heavy atom. The van der Waals surface area contributed by atoms with Crippen molar-refractivity contribution in [3.8, 4) is 0 Å². The molecule has 28 heavy (non-hydrogen) atoms. The van der Waals surface area contributed by atoms with Crippen molar-refractivity contribution < 1.29 is 9.59 Å². The molecule has 1 aliphatic rings. The summed E-state index contributed by atoms with van der Waals surface area (Å²) in [6.07, 6.45) is 6.70. The molecular formula is C22H28N4O2. The predicted octanol–water partition coefficient (Wildman–Crippen LogP) is 3.75. The second-order valence-corrected chi connectivity index (χ2v) is 7.86. The fraction of sp³-hybridized carbons (Fsp3) is 0.545. The van der Waals surface area contributed by atoms with Gasteiger partial charge in [-0.3, -0.25) is 0 Å². The highest BCUT2D eigenvalue weighted by Crippen LogP contribution is 2.39. The summed E-state index contributed by atoms with van der Waals surface area (Å²) in [6.45, 7) is 3.20. The third-order valence-corrected chi connectivity index (χ3v) is 5.46.